The highest BCUT2D eigenvalue weighted by molar-refractivity contribution is 5.86. The van der Waals surface area contributed by atoms with Crippen molar-refractivity contribution in [1.29, 1.82) is 0 Å². The molecule has 1 amide bonds. The van der Waals surface area contributed by atoms with E-state index in [0.29, 0.717) is 19.6 Å². The number of fused-ring (bicyclic) bond motifs is 1. The van der Waals surface area contributed by atoms with Crippen molar-refractivity contribution in [3.05, 3.63) is 65.5 Å². The van der Waals surface area contributed by atoms with Gasteiger partial charge in [0.15, 0.2) is 0 Å². The largest absolute Gasteiger partial charge is 0.508 e. The lowest BCUT2D eigenvalue weighted by Crippen LogP contribution is -2.41. The lowest BCUT2D eigenvalue weighted by molar-refractivity contribution is -0.131. The summed E-state index contributed by atoms with van der Waals surface area (Å²) in [4.78, 5) is 15.0. The Hall–Kier alpha value is -2.48. The van der Waals surface area contributed by atoms with Gasteiger partial charge in [-0.05, 0) is 30.2 Å². The van der Waals surface area contributed by atoms with Crippen molar-refractivity contribution in [2.75, 3.05) is 20.3 Å². The molecule has 4 atom stereocenters. The molecule has 2 aromatic rings. The van der Waals surface area contributed by atoms with Gasteiger partial charge in [0.05, 0.1) is 12.1 Å². The third-order valence-corrected chi connectivity index (χ3v) is 5.64. The van der Waals surface area contributed by atoms with Crippen molar-refractivity contribution < 1.29 is 19.0 Å². The quantitative estimate of drug-likeness (QED) is 0.666. The van der Waals surface area contributed by atoms with Gasteiger partial charge in [0.2, 0.25) is 5.91 Å². The van der Waals surface area contributed by atoms with Crippen LogP contribution in [0.1, 0.15) is 29.6 Å². The maximum Gasteiger partial charge on any atom is 0.242 e. The van der Waals surface area contributed by atoms with Crippen LogP contribution in [0.2, 0.25) is 0 Å². The zero-order chi connectivity index (χ0) is 19.7. The number of hydrogen-bond acceptors (Lipinski definition) is 5. The molecule has 148 valence electrons. The molecule has 0 aliphatic carbocycles. The Morgan fingerprint density at radius 2 is 1.82 bits per heavy atom. The first-order valence-corrected chi connectivity index (χ1v) is 9.45. The molecular weight excluding hydrogens is 361 g/mol. The number of aromatic hydroxyl groups is 1. The number of nitrogens with zero attached hydrogens (tertiary/aromatic N) is 1. The van der Waals surface area contributed by atoms with Gasteiger partial charge in [0, 0.05) is 31.7 Å². The molecule has 3 N–H and O–H groups in total. The van der Waals surface area contributed by atoms with Gasteiger partial charge < -0.3 is 14.7 Å². The van der Waals surface area contributed by atoms with Gasteiger partial charge in [-0.15, -0.1) is 0 Å². The van der Waals surface area contributed by atoms with E-state index in [1.165, 1.54) is 12.1 Å². The number of benzene rings is 2. The third-order valence-electron chi connectivity index (χ3n) is 5.64. The van der Waals surface area contributed by atoms with Crippen LogP contribution in [0.3, 0.4) is 0 Å². The second kappa shape index (κ2) is 7.87. The summed E-state index contributed by atoms with van der Waals surface area (Å²) in [6.45, 7) is 1.11. The maximum atomic E-state index is 13.5. The van der Waals surface area contributed by atoms with E-state index in [1.54, 1.807) is 31.4 Å². The molecule has 0 bridgehead atoms. The Morgan fingerprint density at radius 1 is 1.11 bits per heavy atom. The minimum Gasteiger partial charge on any atom is -0.508 e. The molecule has 2 heterocycles. The summed E-state index contributed by atoms with van der Waals surface area (Å²) in [6.07, 6.45) is 0.716. The lowest BCUT2D eigenvalue weighted by Gasteiger charge is -2.31. The molecule has 28 heavy (non-hydrogen) atoms. The van der Waals surface area contributed by atoms with E-state index in [-0.39, 0.29) is 35.5 Å². The molecule has 0 radical (unpaired) electrons. The predicted octanol–water partition coefficient (Wildman–Crippen LogP) is 2.29. The second-order valence-electron chi connectivity index (χ2n) is 7.25. The number of carbonyl (C=O) groups is 1. The van der Waals surface area contributed by atoms with Crippen LogP contribution in [0.4, 0.5) is 4.39 Å². The van der Waals surface area contributed by atoms with E-state index >= 15 is 0 Å². The van der Waals surface area contributed by atoms with Gasteiger partial charge in [-0.3, -0.25) is 4.79 Å². The number of para-hydroxylation sites is 1. The van der Waals surface area contributed by atoms with Crippen LogP contribution in [0.15, 0.2) is 48.5 Å². The molecule has 2 saturated heterocycles. The number of ether oxygens (including phenoxy) is 1. The molecule has 2 aliphatic rings. The number of likely N-dealkylation sites (tertiary alicyclic amines) is 1. The van der Waals surface area contributed by atoms with Crippen LogP contribution in [-0.2, 0) is 9.53 Å². The summed E-state index contributed by atoms with van der Waals surface area (Å²) in [5.74, 6) is -0.268. The van der Waals surface area contributed by atoms with Crippen molar-refractivity contribution in [2.24, 2.45) is 5.92 Å². The third kappa shape index (κ3) is 3.26. The Morgan fingerprint density at radius 3 is 2.54 bits per heavy atom. The summed E-state index contributed by atoms with van der Waals surface area (Å²) in [7, 11) is 1.64. The van der Waals surface area contributed by atoms with Gasteiger partial charge >= 0.3 is 0 Å². The predicted molar refractivity (Wildman–Crippen MR) is 102 cm³/mol. The van der Waals surface area contributed by atoms with Crippen LogP contribution >= 0.6 is 0 Å². The molecule has 2 aromatic carbocycles. The van der Waals surface area contributed by atoms with Crippen molar-refractivity contribution in [3.8, 4) is 5.75 Å². The van der Waals surface area contributed by atoms with Gasteiger partial charge in [-0.2, -0.15) is 0 Å². The average molecular weight is 385 g/mol. The SMILES string of the molecule is COCCCN1C(=O)C2NNC(c3ccccc3O)C2C1c1ccc(F)cc1. The van der Waals surface area contributed by atoms with Crippen LogP contribution in [-0.4, -0.2) is 42.2 Å². The van der Waals surface area contributed by atoms with Crippen LogP contribution in [0.25, 0.3) is 0 Å². The fraction of sp³-hybridized carbons (Fsp3) is 0.381. The topological polar surface area (TPSA) is 73.8 Å². The van der Waals surface area contributed by atoms with Crippen LogP contribution in [0, 0.1) is 11.7 Å². The number of phenols is 1. The van der Waals surface area contributed by atoms with Gasteiger partial charge in [0.1, 0.15) is 17.6 Å². The molecule has 2 fully saturated rings. The first kappa shape index (κ1) is 18.9. The molecule has 7 heteroatoms. The summed E-state index contributed by atoms with van der Waals surface area (Å²) in [6, 6.07) is 12.6. The monoisotopic (exact) mass is 385 g/mol. The van der Waals surface area contributed by atoms with E-state index in [4.69, 9.17) is 4.74 Å². The summed E-state index contributed by atoms with van der Waals surface area (Å²) in [5.41, 5.74) is 7.92. The Bertz CT molecular complexity index is 845. The summed E-state index contributed by atoms with van der Waals surface area (Å²) >= 11 is 0. The summed E-state index contributed by atoms with van der Waals surface area (Å²) in [5, 5.41) is 10.4. The average Bonchev–Trinajstić information content (AvgIpc) is 3.23. The fourth-order valence-electron chi connectivity index (χ4n) is 4.41. The van der Waals surface area contributed by atoms with E-state index < -0.39 is 6.04 Å². The smallest absolute Gasteiger partial charge is 0.242 e. The minimum atomic E-state index is -0.415. The van der Waals surface area contributed by atoms with Gasteiger partial charge in [0.25, 0.3) is 0 Å². The standard InChI is InChI=1S/C21H24FN3O3/c1-28-12-4-11-25-20(13-7-9-14(22)10-8-13)17-18(23-24-19(17)21(25)27)15-5-2-3-6-16(15)26/h2-3,5-10,17-20,23-24,26H,4,11-12H2,1H3. The van der Waals surface area contributed by atoms with E-state index in [1.807, 2.05) is 17.0 Å². The van der Waals surface area contributed by atoms with Crippen molar-refractivity contribution in [1.82, 2.24) is 15.8 Å². The molecule has 4 rings (SSSR count). The normalized spacial score (nSPS) is 26.6. The lowest BCUT2D eigenvalue weighted by atomic mass is 9.83. The first-order valence-electron chi connectivity index (χ1n) is 9.45. The van der Waals surface area contributed by atoms with E-state index in [9.17, 15) is 14.3 Å². The minimum absolute atomic E-state index is 0.000786. The zero-order valence-corrected chi connectivity index (χ0v) is 15.6. The number of carbonyl (C=O) groups excluding carboxylic acids is 1. The highest BCUT2D eigenvalue weighted by Crippen LogP contribution is 2.48. The fourth-order valence-corrected chi connectivity index (χ4v) is 4.41. The van der Waals surface area contributed by atoms with Crippen LogP contribution < -0.4 is 10.9 Å². The van der Waals surface area contributed by atoms with E-state index in [0.717, 1.165) is 11.1 Å². The zero-order valence-electron chi connectivity index (χ0n) is 15.6. The number of nitrogens with one attached hydrogen (secondary N) is 2. The van der Waals surface area contributed by atoms with Crippen molar-refractivity contribution in [2.45, 2.75) is 24.5 Å². The number of amides is 1. The summed E-state index contributed by atoms with van der Waals surface area (Å²) < 4.78 is 18.6. The molecule has 0 saturated carbocycles. The number of methoxy groups -OCH3 is 1. The number of phenolic OH excluding ortho intramolecular Hbond substituents is 1. The van der Waals surface area contributed by atoms with Crippen LogP contribution in [0.5, 0.6) is 5.75 Å². The number of halogens is 1. The molecule has 6 nitrogen and oxygen atoms in total. The molecule has 0 aromatic heterocycles. The molecule has 4 unspecified atom stereocenters. The Kier molecular flexibility index (Phi) is 5.30. The number of hydrazine groups is 1. The second-order valence-corrected chi connectivity index (χ2v) is 7.25. The number of rotatable bonds is 6. The van der Waals surface area contributed by atoms with Crippen molar-refractivity contribution in [3.63, 3.8) is 0 Å². The number of hydrogen-bond donors (Lipinski definition) is 3. The highest BCUT2D eigenvalue weighted by Gasteiger charge is 2.55. The van der Waals surface area contributed by atoms with Gasteiger partial charge in [-0.25, -0.2) is 15.2 Å². The Balaban J connectivity index is 1.72. The van der Waals surface area contributed by atoms with Crippen molar-refractivity contribution >= 4 is 5.91 Å². The Labute approximate surface area is 163 Å². The molecular formula is C21H24FN3O3. The molecule has 2 aliphatic heterocycles. The van der Waals surface area contributed by atoms with Gasteiger partial charge in [-0.1, -0.05) is 30.3 Å². The highest BCUT2D eigenvalue weighted by atomic mass is 19.1. The van der Waals surface area contributed by atoms with E-state index in [2.05, 4.69) is 10.9 Å². The first-order chi connectivity index (χ1) is 13.6. The molecule has 0 spiro atoms. The maximum absolute atomic E-state index is 13.5.